The van der Waals surface area contributed by atoms with E-state index >= 15 is 0 Å². The third-order valence-corrected chi connectivity index (χ3v) is 4.54. The zero-order chi connectivity index (χ0) is 17.4. The average Bonchev–Trinajstić information content (AvgIpc) is 2.96. The first kappa shape index (κ1) is 15.9. The highest BCUT2D eigenvalue weighted by Gasteiger charge is 2.16. The number of hydrogen-bond donors (Lipinski definition) is 2. The van der Waals surface area contributed by atoms with Gasteiger partial charge in [-0.3, -0.25) is 0 Å². The summed E-state index contributed by atoms with van der Waals surface area (Å²) in [5.74, 6) is 1.96. The molecule has 0 saturated carbocycles. The number of benzene rings is 2. The van der Waals surface area contributed by atoms with Crippen molar-refractivity contribution in [1.82, 2.24) is 15.0 Å². The molecular weight excluding hydrogens is 332 g/mol. The first-order chi connectivity index (χ1) is 12.1. The van der Waals surface area contributed by atoms with E-state index in [-0.39, 0.29) is 0 Å². The van der Waals surface area contributed by atoms with Gasteiger partial charge >= 0.3 is 0 Å². The molecule has 0 fully saturated rings. The Balaban J connectivity index is 1.90. The zero-order valence-corrected chi connectivity index (χ0v) is 14.9. The van der Waals surface area contributed by atoms with E-state index in [1.807, 2.05) is 48.5 Å². The summed E-state index contributed by atoms with van der Waals surface area (Å²) in [6, 6.07) is 16.0. The van der Waals surface area contributed by atoms with Crippen molar-refractivity contribution < 1.29 is 0 Å². The Bertz CT molecular complexity index is 1050. The van der Waals surface area contributed by atoms with Gasteiger partial charge in [-0.05, 0) is 24.1 Å². The van der Waals surface area contributed by atoms with Gasteiger partial charge in [0.15, 0.2) is 5.82 Å². The molecule has 2 aromatic heterocycles. The van der Waals surface area contributed by atoms with Crippen molar-refractivity contribution in [3.05, 3.63) is 53.6 Å². The Morgan fingerprint density at radius 1 is 1.00 bits per heavy atom. The number of aromatic amines is 1. The molecule has 5 heteroatoms. The van der Waals surface area contributed by atoms with Crippen LogP contribution in [0.25, 0.3) is 33.3 Å². The third kappa shape index (κ3) is 2.94. The first-order valence-electron chi connectivity index (χ1n) is 8.40. The van der Waals surface area contributed by atoms with Gasteiger partial charge in [-0.25, -0.2) is 9.97 Å². The van der Waals surface area contributed by atoms with Crippen LogP contribution >= 0.6 is 11.6 Å². The van der Waals surface area contributed by atoms with Gasteiger partial charge < -0.3 is 10.3 Å². The Morgan fingerprint density at radius 2 is 1.72 bits per heavy atom. The lowest BCUT2D eigenvalue weighted by atomic mass is 10.2. The molecule has 0 bridgehead atoms. The zero-order valence-electron chi connectivity index (χ0n) is 14.2. The number of H-pyrrole nitrogens is 1. The number of anilines is 1. The van der Waals surface area contributed by atoms with E-state index in [1.165, 1.54) is 0 Å². The predicted molar refractivity (Wildman–Crippen MR) is 105 cm³/mol. The van der Waals surface area contributed by atoms with Crippen LogP contribution in [0.1, 0.15) is 13.8 Å². The largest absolute Gasteiger partial charge is 0.369 e. The van der Waals surface area contributed by atoms with Crippen LogP contribution in [0.4, 0.5) is 5.82 Å². The highest BCUT2D eigenvalue weighted by Crippen LogP contribution is 2.34. The molecule has 4 nitrogen and oxygen atoms in total. The molecule has 0 aliphatic heterocycles. The van der Waals surface area contributed by atoms with Crippen molar-refractivity contribution in [3.8, 4) is 11.5 Å². The molecule has 2 aromatic carbocycles. The molecule has 0 unspecified atom stereocenters. The number of rotatable bonds is 4. The Kier molecular flexibility index (Phi) is 4.06. The number of halogens is 1. The second kappa shape index (κ2) is 6.37. The van der Waals surface area contributed by atoms with E-state index in [1.54, 1.807) is 0 Å². The maximum atomic E-state index is 6.59. The normalized spacial score (nSPS) is 11.5. The third-order valence-electron chi connectivity index (χ3n) is 4.15. The Hall–Kier alpha value is -2.59. The molecule has 4 aromatic rings. The summed E-state index contributed by atoms with van der Waals surface area (Å²) >= 11 is 6.59. The summed E-state index contributed by atoms with van der Waals surface area (Å²) < 4.78 is 0. The van der Waals surface area contributed by atoms with Crippen molar-refractivity contribution >= 4 is 39.2 Å². The fourth-order valence-electron chi connectivity index (χ4n) is 2.89. The number of nitrogens with zero attached hydrogens (tertiary/aromatic N) is 2. The second-order valence-electron chi connectivity index (χ2n) is 6.55. The maximum Gasteiger partial charge on any atom is 0.180 e. The summed E-state index contributed by atoms with van der Waals surface area (Å²) in [5, 5.41) is 6.09. The number of fused-ring (bicyclic) bond motifs is 2. The molecule has 0 amide bonds. The molecule has 0 aliphatic rings. The number of aromatic nitrogens is 3. The minimum absolute atomic E-state index is 0.522. The van der Waals surface area contributed by atoms with E-state index < -0.39 is 0 Å². The molecule has 0 spiro atoms. The molecule has 0 radical (unpaired) electrons. The Morgan fingerprint density at radius 3 is 2.48 bits per heavy atom. The van der Waals surface area contributed by atoms with Crippen LogP contribution < -0.4 is 5.32 Å². The van der Waals surface area contributed by atoms with E-state index in [2.05, 4.69) is 24.1 Å². The van der Waals surface area contributed by atoms with E-state index in [0.29, 0.717) is 16.8 Å². The number of hydrogen-bond acceptors (Lipinski definition) is 3. The topological polar surface area (TPSA) is 53.6 Å². The van der Waals surface area contributed by atoms with Gasteiger partial charge in [-0.1, -0.05) is 55.8 Å². The van der Waals surface area contributed by atoms with Crippen LogP contribution in [0, 0.1) is 5.92 Å². The van der Waals surface area contributed by atoms with E-state index in [0.717, 1.165) is 39.9 Å². The van der Waals surface area contributed by atoms with E-state index in [4.69, 9.17) is 21.6 Å². The molecule has 0 aliphatic carbocycles. The van der Waals surface area contributed by atoms with Crippen LogP contribution in [0.15, 0.2) is 48.5 Å². The second-order valence-corrected chi connectivity index (χ2v) is 6.93. The highest BCUT2D eigenvalue weighted by atomic mass is 35.5. The number of para-hydroxylation sites is 2. The van der Waals surface area contributed by atoms with Gasteiger partial charge in [0.2, 0.25) is 0 Å². The van der Waals surface area contributed by atoms with Gasteiger partial charge in [0, 0.05) is 22.8 Å². The minimum atomic E-state index is 0.522. The quantitative estimate of drug-likeness (QED) is 0.511. The van der Waals surface area contributed by atoms with Crippen molar-refractivity contribution in [1.29, 1.82) is 0 Å². The lowest BCUT2D eigenvalue weighted by Gasteiger charge is -2.12. The highest BCUT2D eigenvalue weighted by molar-refractivity contribution is 6.38. The van der Waals surface area contributed by atoms with E-state index in [9.17, 15) is 0 Å². The molecule has 25 heavy (non-hydrogen) atoms. The summed E-state index contributed by atoms with van der Waals surface area (Å²) in [7, 11) is 0. The molecule has 4 rings (SSSR count). The van der Waals surface area contributed by atoms with Gasteiger partial charge in [0.05, 0.1) is 10.5 Å². The summed E-state index contributed by atoms with van der Waals surface area (Å²) in [4.78, 5) is 12.8. The van der Waals surface area contributed by atoms with Crippen LogP contribution in [0.5, 0.6) is 0 Å². The van der Waals surface area contributed by atoms with Gasteiger partial charge in [-0.15, -0.1) is 0 Å². The van der Waals surface area contributed by atoms with Crippen molar-refractivity contribution in [3.63, 3.8) is 0 Å². The van der Waals surface area contributed by atoms with Crippen LogP contribution in [0.3, 0.4) is 0 Å². The minimum Gasteiger partial charge on any atom is -0.369 e. The van der Waals surface area contributed by atoms with Crippen LogP contribution in [0.2, 0.25) is 5.02 Å². The van der Waals surface area contributed by atoms with Gasteiger partial charge in [-0.2, -0.15) is 0 Å². The fourth-order valence-corrected chi connectivity index (χ4v) is 3.18. The predicted octanol–water partition coefficient (Wildman–Crippen LogP) is 5.50. The number of nitrogens with one attached hydrogen (secondary N) is 2. The summed E-state index contributed by atoms with van der Waals surface area (Å²) in [6.07, 6.45) is 0. The maximum absolute atomic E-state index is 6.59. The molecule has 0 atom stereocenters. The molecule has 2 N–H and O–H groups in total. The molecule has 0 saturated heterocycles. The monoisotopic (exact) mass is 350 g/mol. The van der Waals surface area contributed by atoms with Crippen LogP contribution in [-0.2, 0) is 0 Å². The smallest absolute Gasteiger partial charge is 0.180 e. The summed E-state index contributed by atoms with van der Waals surface area (Å²) in [6.45, 7) is 5.19. The van der Waals surface area contributed by atoms with Crippen LogP contribution in [-0.4, -0.2) is 21.5 Å². The summed E-state index contributed by atoms with van der Waals surface area (Å²) in [5.41, 5.74) is 2.63. The molecule has 126 valence electrons. The molecule has 2 heterocycles. The Labute approximate surface area is 151 Å². The first-order valence-corrected chi connectivity index (χ1v) is 8.78. The SMILES string of the molecule is CC(C)CNc1nc(-c2[nH]c3ccccc3c2Cl)nc2ccccc12. The standard InChI is InChI=1S/C20H19ClN4/c1-12(2)11-22-19-14-8-4-6-10-16(14)24-20(25-19)18-17(21)13-7-3-5-9-15(13)23-18/h3-10,12,23H,11H2,1-2H3,(H,22,24,25). The lowest BCUT2D eigenvalue weighted by Crippen LogP contribution is -2.10. The molecular formula is C20H19ClN4. The van der Waals surface area contributed by atoms with Gasteiger partial charge in [0.25, 0.3) is 0 Å². The van der Waals surface area contributed by atoms with Crippen molar-refractivity contribution in [2.45, 2.75) is 13.8 Å². The lowest BCUT2D eigenvalue weighted by molar-refractivity contribution is 0.687. The fraction of sp³-hybridized carbons (Fsp3) is 0.200. The van der Waals surface area contributed by atoms with Crippen molar-refractivity contribution in [2.24, 2.45) is 5.92 Å². The van der Waals surface area contributed by atoms with Gasteiger partial charge in [0.1, 0.15) is 11.5 Å². The average molecular weight is 351 g/mol. The van der Waals surface area contributed by atoms with Crippen molar-refractivity contribution in [2.75, 3.05) is 11.9 Å².